The molecule has 0 saturated carbocycles. The van der Waals surface area contributed by atoms with E-state index in [9.17, 15) is 13.2 Å². The van der Waals surface area contributed by atoms with Crippen LogP contribution in [0.4, 0.5) is 0 Å². The summed E-state index contributed by atoms with van der Waals surface area (Å²) < 4.78 is 28.5. The number of halogens is 1. The summed E-state index contributed by atoms with van der Waals surface area (Å²) in [6.07, 6.45) is 3.66. The van der Waals surface area contributed by atoms with Crippen molar-refractivity contribution in [3.8, 4) is 0 Å². The highest BCUT2D eigenvalue weighted by atomic mass is 35.5. The molecule has 0 aliphatic carbocycles. The lowest BCUT2D eigenvalue weighted by Gasteiger charge is -2.44. The molecular formula is C19H27ClN2O3S. The minimum absolute atomic E-state index is 0.0185. The lowest BCUT2D eigenvalue weighted by Crippen LogP contribution is -2.61. The molecule has 26 heavy (non-hydrogen) atoms. The fraction of sp³-hybridized carbons (Fsp3) is 0.632. The van der Waals surface area contributed by atoms with Crippen LogP contribution in [0.15, 0.2) is 17.0 Å². The van der Waals surface area contributed by atoms with Crippen LogP contribution in [0.3, 0.4) is 0 Å². The third kappa shape index (κ3) is 3.06. The molecule has 5 nitrogen and oxygen atoms in total. The first-order chi connectivity index (χ1) is 12.2. The number of rotatable bonds is 4. The van der Waals surface area contributed by atoms with Gasteiger partial charge in [-0.05, 0) is 69.2 Å². The van der Waals surface area contributed by atoms with Crippen LogP contribution in [0.25, 0.3) is 0 Å². The Morgan fingerprint density at radius 3 is 2.42 bits per heavy atom. The number of aryl methyl sites for hydroxylation is 2. The molecule has 2 aliphatic heterocycles. The van der Waals surface area contributed by atoms with Crippen LogP contribution in [-0.4, -0.2) is 48.7 Å². The molecule has 1 unspecified atom stereocenters. The highest BCUT2D eigenvalue weighted by Crippen LogP contribution is 2.42. The molecule has 1 aromatic carbocycles. The van der Waals surface area contributed by atoms with Crippen LogP contribution in [0.5, 0.6) is 0 Å². The van der Waals surface area contributed by atoms with Gasteiger partial charge in [-0.3, -0.25) is 4.79 Å². The van der Waals surface area contributed by atoms with Gasteiger partial charge in [-0.15, -0.1) is 0 Å². The number of likely N-dealkylation sites (tertiary alicyclic amines) is 1. The summed E-state index contributed by atoms with van der Waals surface area (Å²) in [6.45, 7) is 7.41. The third-order valence-corrected chi connectivity index (χ3v) is 8.17. The Bertz CT molecular complexity index is 822. The highest BCUT2D eigenvalue weighted by molar-refractivity contribution is 7.89. The largest absolute Gasteiger partial charge is 0.341 e. The molecule has 144 valence electrons. The number of benzene rings is 1. The van der Waals surface area contributed by atoms with Crippen LogP contribution in [0.1, 0.15) is 50.2 Å². The van der Waals surface area contributed by atoms with Gasteiger partial charge in [0.25, 0.3) is 0 Å². The number of piperidine rings is 1. The van der Waals surface area contributed by atoms with Gasteiger partial charge in [-0.2, -0.15) is 4.31 Å². The maximum atomic E-state index is 13.5. The monoisotopic (exact) mass is 398 g/mol. The Morgan fingerprint density at radius 1 is 1.12 bits per heavy atom. The minimum Gasteiger partial charge on any atom is -0.341 e. The van der Waals surface area contributed by atoms with Gasteiger partial charge in [0.2, 0.25) is 15.9 Å². The zero-order valence-corrected chi connectivity index (χ0v) is 17.3. The molecule has 1 aromatic rings. The molecular weight excluding hydrogens is 372 g/mol. The quantitative estimate of drug-likeness (QED) is 0.779. The Kier molecular flexibility index (Phi) is 5.39. The molecule has 1 spiro atoms. The summed E-state index contributed by atoms with van der Waals surface area (Å²) >= 11 is 6.15. The van der Waals surface area contributed by atoms with Crippen molar-refractivity contribution in [1.29, 1.82) is 0 Å². The van der Waals surface area contributed by atoms with Gasteiger partial charge in [0, 0.05) is 24.7 Å². The molecule has 3 rings (SSSR count). The first kappa shape index (κ1) is 19.6. The van der Waals surface area contributed by atoms with Crippen molar-refractivity contribution in [2.75, 3.05) is 19.6 Å². The van der Waals surface area contributed by atoms with E-state index >= 15 is 0 Å². The summed E-state index contributed by atoms with van der Waals surface area (Å²) in [5.41, 5.74) is 0.440. The second-order valence-electron chi connectivity index (χ2n) is 7.47. The van der Waals surface area contributed by atoms with E-state index in [1.54, 1.807) is 26.0 Å². The zero-order valence-electron chi connectivity index (χ0n) is 15.7. The standard InChI is InChI=1S/C19H27ClN2O3S/c1-4-9-21-10-5-7-19(18(21)23)8-6-11-22(19)26(24,25)17-13-14(2)16(20)12-15(17)3/h12-13H,4-11H2,1-3H3. The van der Waals surface area contributed by atoms with E-state index in [0.717, 1.165) is 31.4 Å². The predicted molar refractivity (Wildman–Crippen MR) is 103 cm³/mol. The lowest BCUT2D eigenvalue weighted by atomic mass is 9.86. The molecule has 2 aliphatic rings. The molecule has 0 bridgehead atoms. The van der Waals surface area contributed by atoms with Gasteiger partial charge in [0.1, 0.15) is 5.54 Å². The number of hydrogen-bond donors (Lipinski definition) is 0. The van der Waals surface area contributed by atoms with Crippen LogP contribution < -0.4 is 0 Å². The van der Waals surface area contributed by atoms with Gasteiger partial charge in [0.15, 0.2) is 0 Å². The number of sulfonamides is 1. The van der Waals surface area contributed by atoms with Crippen LogP contribution >= 0.6 is 11.6 Å². The SMILES string of the molecule is CCCN1CCCC2(CCCN2S(=O)(=O)c2cc(C)c(Cl)cc2C)C1=O. The molecule has 0 aromatic heterocycles. The number of hydrogen-bond acceptors (Lipinski definition) is 3. The van der Waals surface area contributed by atoms with Crippen molar-refractivity contribution in [3.05, 3.63) is 28.3 Å². The van der Waals surface area contributed by atoms with Gasteiger partial charge < -0.3 is 4.90 Å². The van der Waals surface area contributed by atoms with E-state index in [4.69, 9.17) is 11.6 Å². The average Bonchev–Trinajstić information content (AvgIpc) is 3.01. The zero-order chi connectivity index (χ0) is 19.1. The fourth-order valence-electron chi connectivity index (χ4n) is 4.37. The van der Waals surface area contributed by atoms with Crippen molar-refractivity contribution < 1.29 is 13.2 Å². The van der Waals surface area contributed by atoms with Crippen LogP contribution in [0.2, 0.25) is 5.02 Å². The normalized spacial score (nSPS) is 24.6. The number of carbonyl (C=O) groups excluding carboxylic acids is 1. The van der Waals surface area contributed by atoms with E-state index in [1.165, 1.54) is 4.31 Å². The molecule has 1 atom stereocenters. The summed E-state index contributed by atoms with van der Waals surface area (Å²) in [5.74, 6) is -0.0185. The van der Waals surface area contributed by atoms with Gasteiger partial charge >= 0.3 is 0 Å². The summed E-state index contributed by atoms with van der Waals surface area (Å²) in [6, 6.07) is 3.33. The molecule has 7 heteroatoms. The molecule has 1 amide bonds. The van der Waals surface area contributed by atoms with Crippen molar-refractivity contribution in [2.24, 2.45) is 0 Å². The summed E-state index contributed by atoms with van der Waals surface area (Å²) in [4.78, 5) is 15.3. The Labute approximate surface area is 161 Å². The van der Waals surface area contributed by atoms with E-state index in [1.807, 2.05) is 11.8 Å². The van der Waals surface area contributed by atoms with E-state index in [0.29, 0.717) is 36.5 Å². The van der Waals surface area contributed by atoms with Gasteiger partial charge in [-0.25, -0.2) is 8.42 Å². The maximum Gasteiger partial charge on any atom is 0.244 e. The molecule has 2 fully saturated rings. The van der Waals surface area contributed by atoms with E-state index in [-0.39, 0.29) is 10.8 Å². The maximum absolute atomic E-state index is 13.5. The predicted octanol–water partition coefficient (Wildman–Crippen LogP) is 3.51. The number of amides is 1. The van der Waals surface area contributed by atoms with Crippen molar-refractivity contribution in [3.63, 3.8) is 0 Å². The Balaban J connectivity index is 2.05. The Morgan fingerprint density at radius 2 is 1.77 bits per heavy atom. The van der Waals surface area contributed by atoms with Gasteiger partial charge in [0.05, 0.1) is 4.90 Å². The van der Waals surface area contributed by atoms with E-state index < -0.39 is 15.6 Å². The van der Waals surface area contributed by atoms with Gasteiger partial charge in [-0.1, -0.05) is 18.5 Å². The molecule has 0 radical (unpaired) electrons. The Hall–Kier alpha value is -1.11. The second-order valence-corrected chi connectivity index (χ2v) is 9.71. The number of carbonyl (C=O) groups is 1. The van der Waals surface area contributed by atoms with E-state index in [2.05, 4.69) is 0 Å². The summed E-state index contributed by atoms with van der Waals surface area (Å²) in [7, 11) is -3.76. The summed E-state index contributed by atoms with van der Waals surface area (Å²) in [5, 5.41) is 0.556. The lowest BCUT2D eigenvalue weighted by molar-refractivity contribution is -0.144. The second kappa shape index (κ2) is 7.13. The first-order valence-electron chi connectivity index (χ1n) is 9.33. The third-order valence-electron chi connectivity index (χ3n) is 5.65. The molecule has 0 N–H and O–H groups in total. The first-order valence-corrected chi connectivity index (χ1v) is 11.1. The topological polar surface area (TPSA) is 57.7 Å². The number of nitrogens with zero attached hydrogens (tertiary/aromatic N) is 2. The molecule has 2 saturated heterocycles. The molecule has 2 heterocycles. The van der Waals surface area contributed by atoms with Crippen LogP contribution in [0, 0.1) is 13.8 Å². The van der Waals surface area contributed by atoms with Crippen LogP contribution in [-0.2, 0) is 14.8 Å². The highest BCUT2D eigenvalue weighted by Gasteiger charge is 2.55. The average molecular weight is 399 g/mol. The minimum atomic E-state index is -3.76. The van der Waals surface area contributed by atoms with Crippen molar-refractivity contribution in [2.45, 2.75) is 63.3 Å². The van der Waals surface area contributed by atoms with Crippen molar-refractivity contribution in [1.82, 2.24) is 9.21 Å². The smallest absolute Gasteiger partial charge is 0.244 e. The van der Waals surface area contributed by atoms with Crippen molar-refractivity contribution >= 4 is 27.5 Å². The fourth-order valence-corrected chi connectivity index (χ4v) is 6.70.